The first-order chi connectivity index (χ1) is 8.27. The van der Waals surface area contributed by atoms with E-state index in [1.54, 1.807) is 12.4 Å². The lowest BCUT2D eigenvalue weighted by Gasteiger charge is -2.21. The molecule has 1 aliphatic rings. The summed E-state index contributed by atoms with van der Waals surface area (Å²) in [6.07, 6.45) is 3.81. The molecule has 1 unspecified atom stereocenters. The number of nitrogens with zero attached hydrogens (tertiary/aromatic N) is 5. The highest BCUT2D eigenvalue weighted by molar-refractivity contribution is 5.43. The maximum absolute atomic E-state index is 10.1. The van der Waals surface area contributed by atoms with Gasteiger partial charge in [-0.3, -0.25) is 4.98 Å². The molecule has 8 nitrogen and oxygen atoms in total. The first kappa shape index (κ1) is 10.4. The van der Waals surface area contributed by atoms with Crippen molar-refractivity contribution in [2.75, 3.05) is 25.1 Å². The summed E-state index contributed by atoms with van der Waals surface area (Å²) in [4.78, 5) is 4.01. The van der Waals surface area contributed by atoms with E-state index in [4.69, 9.17) is 4.74 Å². The normalized spacial score (nSPS) is 24.3. The molecule has 0 aromatic carbocycles. The zero-order chi connectivity index (χ0) is 11.7. The predicted molar refractivity (Wildman–Crippen MR) is 57.5 cm³/mol. The molecule has 1 aliphatic heterocycles. The van der Waals surface area contributed by atoms with Crippen molar-refractivity contribution in [1.29, 1.82) is 0 Å². The summed E-state index contributed by atoms with van der Waals surface area (Å²) in [7, 11) is 0. The van der Waals surface area contributed by atoms with Gasteiger partial charge in [-0.05, 0) is 10.4 Å². The molecule has 90 valence electrons. The van der Waals surface area contributed by atoms with Crippen LogP contribution < -0.4 is 5.32 Å². The first-order valence-corrected chi connectivity index (χ1v) is 5.33. The van der Waals surface area contributed by atoms with E-state index >= 15 is 0 Å². The fourth-order valence-corrected chi connectivity index (χ4v) is 1.79. The second-order valence-corrected chi connectivity index (χ2v) is 4.12. The van der Waals surface area contributed by atoms with Gasteiger partial charge in [0.05, 0.1) is 19.0 Å². The molecule has 3 heterocycles. The van der Waals surface area contributed by atoms with Gasteiger partial charge in [0.15, 0.2) is 11.5 Å². The van der Waals surface area contributed by atoms with Gasteiger partial charge < -0.3 is 15.2 Å². The van der Waals surface area contributed by atoms with Crippen LogP contribution in [0.2, 0.25) is 0 Å². The Bertz CT molecular complexity index is 521. The van der Waals surface area contributed by atoms with Gasteiger partial charge in [0.1, 0.15) is 5.60 Å². The molecule has 2 aromatic heterocycles. The van der Waals surface area contributed by atoms with Crippen LogP contribution in [0.25, 0.3) is 5.65 Å². The number of aliphatic hydroxyl groups is 1. The Balaban J connectivity index is 1.78. The van der Waals surface area contributed by atoms with Gasteiger partial charge in [-0.1, -0.05) is 0 Å². The van der Waals surface area contributed by atoms with Crippen LogP contribution in [-0.4, -0.2) is 55.5 Å². The Morgan fingerprint density at radius 2 is 2.47 bits per heavy atom. The Morgan fingerprint density at radius 3 is 3.29 bits per heavy atom. The van der Waals surface area contributed by atoms with Crippen LogP contribution in [0.3, 0.4) is 0 Å². The minimum absolute atomic E-state index is 0.346. The van der Waals surface area contributed by atoms with Crippen molar-refractivity contribution in [2.24, 2.45) is 0 Å². The third kappa shape index (κ3) is 1.92. The van der Waals surface area contributed by atoms with Crippen molar-refractivity contribution < 1.29 is 9.84 Å². The number of fused-ring (bicyclic) bond motifs is 1. The zero-order valence-electron chi connectivity index (χ0n) is 9.07. The van der Waals surface area contributed by atoms with Crippen LogP contribution in [0.4, 0.5) is 5.82 Å². The van der Waals surface area contributed by atoms with Crippen molar-refractivity contribution in [3.8, 4) is 0 Å². The molecule has 0 spiro atoms. The first-order valence-electron chi connectivity index (χ1n) is 5.33. The SMILES string of the molecule is OC1(CNc2cncc3nnnn23)CCOC1. The van der Waals surface area contributed by atoms with E-state index in [1.807, 2.05) is 0 Å². The van der Waals surface area contributed by atoms with E-state index in [1.165, 1.54) is 4.52 Å². The standard InChI is InChI=1S/C9H12N6O2/c16-9(1-2-17-6-9)5-11-7-3-10-4-8-12-13-14-15(7)8/h3-4,11,16H,1-2,5-6H2. The van der Waals surface area contributed by atoms with Gasteiger partial charge in [-0.25, -0.2) is 0 Å². The predicted octanol–water partition coefficient (Wildman–Crippen LogP) is -0.917. The van der Waals surface area contributed by atoms with Crippen molar-refractivity contribution in [1.82, 2.24) is 25.0 Å². The summed E-state index contributed by atoms with van der Waals surface area (Å²) in [5.41, 5.74) is -0.263. The molecule has 3 rings (SSSR count). The van der Waals surface area contributed by atoms with E-state index in [0.29, 0.717) is 37.6 Å². The van der Waals surface area contributed by atoms with Crippen LogP contribution in [0.15, 0.2) is 12.4 Å². The number of anilines is 1. The van der Waals surface area contributed by atoms with E-state index in [-0.39, 0.29) is 0 Å². The van der Waals surface area contributed by atoms with E-state index in [9.17, 15) is 5.11 Å². The quantitative estimate of drug-likeness (QED) is 0.711. The van der Waals surface area contributed by atoms with Gasteiger partial charge in [0, 0.05) is 19.6 Å². The number of nitrogens with one attached hydrogen (secondary N) is 1. The lowest BCUT2D eigenvalue weighted by molar-refractivity contribution is 0.0381. The molecule has 8 heteroatoms. The molecule has 1 saturated heterocycles. The van der Waals surface area contributed by atoms with Gasteiger partial charge >= 0.3 is 0 Å². The molecule has 2 aromatic rings. The lowest BCUT2D eigenvalue weighted by Crippen LogP contribution is -2.37. The molecular weight excluding hydrogens is 224 g/mol. The summed E-state index contributed by atoms with van der Waals surface area (Å²) in [6, 6.07) is 0. The summed E-state index contributed by atoms with van der Waals surface area (Å²) < 4.78 is 6.70. The molecule has 1 fully saturated rings. The molecule has 0 amide bonds. The number of tetrazole rings is 1. The molecule has 17 heavy (non-hydrogen) atoms. The maximum atomic E-state index is 10.1. The second-order valence-electron chi connectivity index (χ2n) is 4.12. The zero-order valence-corrected chi connectivity index (χ0v) is 9.07. The van der Waals surface area contributed by atoms with Crippen LogP contribution in [0.1, 0.15) is 6.42 Å². The fraction of sp³-hybridized carbons (Fsp3) is 0.556. The third-order valence-corrected chi connectivity index (χ3v) is 2.79. The summed E-state index contributed by atoms with van der Waals surface area (Å²) in [6.45, 7) is 1.32. The summed E-state index contributed by atoms with van der Waals surface area (Å²) in [5.74, 6) is 0.646. The highest BCUT2D eigenvalue weighted by atomic mass is 16.5. The monoisotopic (exact) mass is 236 g/mol. The largest absolute Gasteiger partial charge is 0.386 e. The molecule has 0 aliphatic carbocycles. The Kier molecular flexibility index (Phi) is 2.37. The Morgan fingerprint density at radius 1 is 1.53 bits per heavy atom. The number of rotatable bonds is 3. The van der Waals surface area contributed by atoms with Crippen molar-refractivity contribution in [3.05, 3.63) is 12.4 Å². The maximum Gasteiger partial charge on any atom is 0.199 e. The average Bonchev–Trinajstić information content (AvgIpc) is 2.95. The van der Waals surface area contributed by atoms with Crippen LogP contribution in [0.5, 0.6) is 0 Å². The second kappa shape index (κ2) is 3.90. The van der Waals surface area contributed by atoms with Crippen LogP contribution in [-0.2, 0) is 4.74 Å². The molecule has 2 N–H and O–H groups in total. The molecule has 1 atom stereocenters. The Hall–Kier alpha value is -1.80. The number of ether oxygens (including phenoxy) is 1. The number of hydrogen-bond donors (Lipinski definition) is 2. The van der Waals surface area contributed by atoms with Gasteiger partial charge in [-0.2, -0.15) is 4.52 Å². The van der Waals surface area contributed by atoms with Crippen molar-refractivity contribution in [3.63, 3.8) is 0 Å². The lowest BCUT2D eigenvalue weighted by atomic mass is 10.0. The third-order valence-electron chi connectivity index (χ3n) is 2.79. The minimum Gasteiger partial charge on any atom is -0.386 e. The smallest absolute Gasteiger partial charge is 0.199 e. The minimum atomic E-state index is -0.823. The van der Waals surface area contributed by atoms with Crippen LogP contribution in [0, 0.1) is 0 Å². The summed E-state index contributed by atoms with van der Waals surface area (Å²) in [5, 5.41) is 24.4. The highest BCUT2D eigenvalue weighted by Crippen LogP contribution is 2.19. The number of aromatic nitrogens is 5. The van der Waals surface area contributed by atoms with Crippen molar-refractivity contribution in [2.45, 2.75) is 12.0 Å². The summed E-state index contributed by atoms with van der Waals surface area (Å²) >= 11 is 0. The molecule has 0 radical (unpaired) electrons. The van der Waals surface area contributed by atoms with Gasteiger partial charge in [0.2, 0.25) is 0 Å². The average molecular weight is 236 g/mol. The van der Waals surface area contributed by atoms with E-state index in [0.717, 1.165) is 0 Å². The van der Waals surface area contributed by atoms with E-state index < -0.39 is 5.60 Å². The molecular formula is C9H12N6O2. The van der Waals surface area contributed by atoms with E-state index in [2.05, 4.69) is 25.8 Å². The molecule has 0 saturated carbocycles. The highest BCUT2D eigenvalue weighted by Gasteiger charge is 2.32. The van der Waals surface area contributed by atoms with Crippen molar-refractivity contribution >= 4 is 11.5 Å². The number of hydrogen-bond acceptors (Lipinski definition) is 7. The Labute approximate surface area is 96.6 Å². The van der Waals surface area contributed by atoms with Gasteiger partial charge in [-0.15, -0.1) is 5.10 Å². The topological polar surface area (TPSA) is 97.5 Å². The fourth-order valence-electron chi connectivity index (χ4n) is 1.79. The molecule has 0 bridgehead atoms. The van der Waals surface area contributed by atoms with Crippen LogP contribution >= 0.6 is 0 Å². The van der Waals surface area contributed by atoms with Gasteiger partial charge in [0.25, 0.3) is 0 Å².